The number of nitrogens with zero attached hydrogens (tertiary/aromatic N) is 3. The number of terminal acetylenes is 1. The Morgan fingerprint density at radius 2 is 2.05 bits per heavy atom. The van der Waals surface area contributed by atoms with Gasteiger partial charge >= 0.3 is 0 Å². The minimum atomic E-state index is -3.60. The monoisotopic (exact) mass is 312 g/mol. The van der Waals surface area contributed by atoms with Crippen molar-refractivity contribution in [3.63, 3.8) is 0 Å². The number of hydrogen-bond donors (Lipinski definition) is 1. The summed E-state index contributed by atoms with van der Waals surface area (Å²) in [6.07, 6.45) is 5.26. The molecule has 7 heteroatoms. The fourth-order valence-corrected chi connectivity index (χ4v) is 3.97. The molecule has 118 valence electrons. The second kappa shape index (κ2) is 7.59. The molecule has 1 heterocycles. The molecular weight excluding hydrogens is 288 g/mol. The number of aromatic nitrogens is 2. The van der Waals surface area contributed by atoms with Crippen molar-refractivity contribution in [3.8, 4) is 12.3 Å². The fourth-order valence-electron chi connectivity index (χ4n) is 2.23. The first-order valence-electron chi connectivity index (χ1n) is 7.08. The summed E-state index contributed by atoms with van der Waals surface area (Å²) in [5, 5.41) is 7.54. The molecule has 1 aromatic rings. The van der Waals surface area contributed by atoms with E-state index >= 15 is 0 Å². The highest BCUT2D eigenvalue weighted by molar-refractivity contribution is 7.89. The van der Waals surface area contributed by atoms with Crippen molar-refractivity contribution in [2.45, 2.75) is 39.1 Å². The summed E-state index contributed by atoms with van der Waals surface area (Å²) in [6, 6.07) is 0. The number of rotatable bonds is 8. The van der Waals surface area contributed by atoms with Gasteiger partial charge in [-0.15, -0.1) is 6.42 Å². The molecule has 0 radical (unpaired) electrons. The molecule has 0 spiro atoms. The van der Waals surface area contributed by atoms with Crippen LogP contribution >= 0.6 is 0 Å². The number of likely N-dealkylation sites (N-methyl/N-ethyl adjacent to an activating group) is 1. The van der Waals surface area contributed by atoms with E-state index in [1.165, 1.54) is 4.31 Å². The van der Waals surface area contributed by atoms with Crippen molar-refractivity contribution in [1.82, 2.24) is 19.4 Å². The van der Waals surface area contributed by atoms with Gasteiger partial charge in [-0.25, -0.2) is 8.42 Å². The maximum atomic E-state index is 12.7. The predicted octanol–water partition coefficient (Wildman–Crippen LogP) is 0.753. The third kappa shape index (κ3) is 3.84. The maximum absolute atomic E-state index is 12.7. The van der Waals surface area contributed by atoms with E-state index in [4.69, 9.17) is 6.42 Å². The molecule has 0 fully saturated rings. The molecule has 21 heavy (non-hydrogen) atoms. The lowest BCUT2D eigenvalue weighted by molar-refractivity contribution is 0.462. The molecule has 0 bridgehead atoms. The van der Waals surface area contributed by atoms with Crippen molar-refractivity contribution < 1.29 is 8.42 Å². The Hall–Kier alpha value is -1.36. The van der Waals surface area contributed by atoms with Crippen LogP contribution in [-0.4, -0.2) is 48.7 Å². The van der Waals surface area contributed by atoms with Gasteiger partial charge in [-0.1, -0.05) is 19.8 Å². The summed E-state index contributed by atoms with van der Waals surface area (Å²) < 4.78 is 28.4. The number of nitrogens with one attached hydrogen (secondary N) is 1. The number of hydrogen-bond acceptors (Lipinski definition) is 4. The molecule has 0 atom stereocenters. The van der Waals surface area contributed by atoms with E-state index in [-0.39, 0.29) is 11.4 Å². The van der Waals surface area contributed by atoms with Crippen LogP contribution in [0, 0.1) is 26.2 Å². The largest absolute Gasteiger partial charge is 0.315 e. The van der Waals surface area contributed by atoms with Crippen LogP contribution in [0.1, 0.15) is 25.2 Å². The van der Waals surface area contributed by atoms with Crippen LogP contribution in [0.15, 0.2) is 4.90 Å². The van der Waals surface area contributed by atoms with Gasteiger partial charge < -0.3 is 5.32 Å². The predicted molar refractivity (Wildman–Crippen MR) is 83.5 cm³/mol. The summed E-state index contributed by atoms with van der Waals surface area (Å²) in [7, 11) is -3.60. The average molecular weight is 312 g/mol. The summed E-state index contributed by atoms with van der Waals surface area (Å²) in [5.41, 5.74) is 1.17. The Morgan fingerprint density at radius 3 is 2.57 bits per heavy atom. The lowest BCUT2D eigenvalue weighted by Gasteiger charge is -2.18. The SMILES string of the molecule is C#CCN(CC)S(=O)(=O)c1c(C)nn(CCNCC)c1C. The van der Waals surface area contributed by atoms with Crippen LogP contribution in [0.4, 0.5) is 0 Å². The standard InChI is InChI=1S/C14H24N4O2S/c1-6-10-17(8-3)21(19,20)14-12(4)16-18(13(14)5)11-9-15-7-2/h1,15H,7-11H2,2-5H3. The van der Waals surface area contributed by atoms with E-state index in [1.54, 1.807) is 25.5 Å². The van der Waals surface area contributed by atoms with Gasteiger partial charge in [0, 0.05) is 13.1 Å². The molecule has 0 aliphatic rings. The van der Waals surface area contributed by atoms with E-state index < -0.39 is 10.0 Å². The number of aryl methyl sites for hydroxylation is 1. The molecule has 0 aliphatic carbocycles. The van der Waals surface area contributed by atoms with Crippen LogP contribution in [0.2, 0.25) is 0 Å². The molecule has 1 rings (SSSR count). The van der Waals surface area contributed by atoms with E-state index in [0.717, 1.165) is 13.1 Å². The highest BCUT2D eigenvalue weighted by atomic mass is 32.2. The summed E-state index contributed by atoms with van der Waals surface area (Å²) in [6.45, 7) is 9.96. The van der Waals surface area contributed by atoms with Crippen molar-refractivity contribution in [2.24, 2.45) is 0 Å². The zero-order valence-corrected chi connectivity index (χ0v) is 14.0. The molecule has 0 amide bonds. The molecule has 0 unspecified atom stereocenters. The zero-order chi connectivity index (χ0) is 16.0. The van der Waals surface area contributed by atoms with Gasteiger partial charge in [0.25, 0.3) is 0 Å². The van der Waals surface area contributed by atoms with E-state index in [9.17, 15) is 8.42 Å². The minimum Gasteiger partial charge on any atom is -0.315 e. The molecule has 0 aliphatic heterocycles. The molecule has 6 nitrogen and oxygen atoms in total. The average Bonchev–Trinajstić information content (AvgIpc) is 2.71. The fraction of sp³-hybridized carbons (Fsp3) is 0.643. The van der Waals surface area contributed by atoms with Crippen LogP contribution in [0.5, 0.6) is 0 Å². The van der Waals surface area contributed by atoms with Crippen molar-refractivity contribution in [3.05, 3.63) is 11.4 Å². The van der Waals surface area contributed by atoms with Gasteiger partial charge in [0.05, 0.1) is 24.5 Å². The Bertz CT molecular complexity index is 614. The second-order valence-electron chi connectivity index (χ2n) is 4.71. The summed E-state index contributed by atoms with van der Waals surface area (Å²) >= 11 is 0. The molecule has 0 saturated heterocycles. The van der Waals surface area contributed by atoms with Gasteiger partial charge in [-0.05, 0) is 20.4 Å². The summed E-state index contributed by atoms with van der Waals surface area (Å²) in [5.74, 6) is 2.39. The lowest BCUT2D eigenvalue weighted by atomic mass is 10.4. The lowest BCUT2D eigenvalue weighted by Crippen LogP contribution is -2.32. The normalized spacial score (nSPS) is 11.8. The van der Waals surface area contributed by atoms with Crippen LogP contribution in [0.25, 0.3) is 0 Å². The van der Waals surface area contributed by atoms with E-state index in [1.807, 2.05) is 6.92 Å². The van der Waals surface area contributed by atoms with Gasteiger partial charge in [0.2, 0.25) is 10.0 Å². The highest BCUT2D eigenvalue weighted by Gasteiger charge is 2.29. The van der Waals surface area contributed by atoms with Crippen LogP contribution in [-0.2, 0) is 16.6 Å². The molecular formula is C14H24N4O2S. The Labute approximate surface area is 127 Å². The van der Waals surface area contributed by atoms with E-state index in [0.29, 0.717) is 24.5 Å². The third-order valence-corrected chi connectivity index (χ3v) is 5.46. The Morgan fingerprint density at radius 1 is 1.38 bits per heavy atom. The minimum absolute atomic E-state index is 0.0697. The maximum Gasteiger partial charge on any atom is 0.247 e. The first-order valence-corrected chi connectivity index (χ1v) is 8.52. The highest BCUT2D eigenvalue weighted by Crippen LogP contribution is 2.23. The van der Waals surface area contributed by atoms with Crippen molar-refractivity contribution >= 4 is 10.0 Å². The van der Waals surface area contributed by atoms with Crippen LogP contribution < -0.4 is 5.32 Å². The second-order valence-corrected chi connectivity index (χ2v) is 6.59. The third-order valence-electron chi connectivity index (χ3n) is 3.28. The zero-order valence-electron chi connectivity index (χ0n) is 13.2. The Balaban J connectivity index is 3.16. The topological polar surface area (TPSA) is 67.2 Å². The molecule has 1 N–H and O–H groups in total. The van der Waals surface area contributed by atoms with E-state index in [2.05, 4.69) is 16.3 Å². The molecule has 0 saturated carbocycles. The number of sulfonamides is 1. The first-order chi connectivity index (χ1) is 9.89. The van der Waals surface area contributed by atoms with Crippen molar-refractivity contribution in [1.29, 1.82) is 0 Å². The molecule has 0 aromatic carbocycles. The van der Waals surface area contributed by atoms with Crippen LogP contribution in [0.3, 0.4) is 0 Å². The van der Waals surface area contributed by atoms with Gasteiger partial charge in [-0.2, -0.15) is 9.40 Å². The van der Waals surface area contributed by atoms with Gasteiger partial charge in [0.15, 0.2) is 0 Å². The van der Waals surface area contributed by atoms with Crippen molar-refractivity contribution in [2.75, 3.05) is 26.2 Å². The quantitative estimate of drug-likeness (QED) is 0.568. The van der Waals surface area contributed by atoms with Gasteiger partial charge in [0.1, 0.15) is 4.90 Å². The Kier molecular flexibility index (Phi) is 6.40. The summed E-state index contributed by atoms with van der Waals surface area (Å²) in [4.78, 5) is 0.274. The smallest absolute Gasteiger partial charge is 0.247 e. The molecule has 1 aromatic heterocycles. The van der Waals surface area contributed by atoms with Gasteiger partial charge in [-0.3, -0.25) is 4.68 Å². The first kappa shape index (κ1) is 17.7.